The lowest BCUT2D eigenvalue weighted by molar-refractivity contribution is -0.126. The fourth-order valence-electron chi connectivity index (χ4n) is 5.03. The van der Waals surface area contributed by atoms with Crippen LogP contribution in [0.4, 0.5) is 19.0 Å². The molecule has 1 N–H and O–H groups in total. The van der Waals surface area contributed by atoms with Crippen LogP contribution in [0.2, 0.25) is 0 Å². The van der Waals surface area contributed by atoms with E-state index in [-0.39, 0.29) is 4.88 Å². The Balaban J connectivity index is 1.29. The van der Waals surface area contributed by atoms with Crippen molar-refractivity contribution < 1.29 is 13.2 Å². The van der Waals surface area contributed by atoms with E-state index in [4.69, 9.17) is 0 Å². The molecule has 0 radical (unpaired) electrons. The number of halogens is 3. The van der Waals surface area contributed by atoms with Crippen LogP contribution in [0.15, 0.2) is 18.6 Å². The molecule has 4 heterocycles. The van der Waals surface area contributed by atoms with Gasteiger partial charge in [-0.1, -0.05) is 0 Å². The van der Waals surface area contributed by atoms with Crippen LogP contribution in [0.5, 0.6) is 0 Å². The van der Waals surface area contributed by atoms with Crippen molar-refractivity contribution in [1.29, 1.82) is 0 Å². The number of aryl methyl sites for hydroxylation is 2. The Morgan fingerprint density at radius 1 is 1.16 bits per heavy atom. The van der Waals surface area contributed by atoms with Gasteiger partial charge in [0.1, 0.15) is 17.0 Å². The summed E-state index contributed by atoms with van der Waals surface area (Å²) in [7, 11) is 1.98. The van der Waals surface area contributed by atoms with Crippen LogP contribution in [-0.2, 0) is 19.9 Å². The van der Waals surface area contributed by atoms with Gasteiger partial charge in [-0.05, 0) is 44.6 Å². The summed E-state index contributed by atoms with van der Waals surface area (Å²) in [6, 6.07) is 2.36. The highest BCUT2D eigenvalue weighted by atomic mass is 32.1. The molecule has 5 rings (SSSR count). The first-order valence-electron chi connectivity index (χ1n) is 11.2. The molecule has 0 aromatic carbocycles. The molecule has 32 heavy (non-hydrogen) atoms. The lowest BCUT2D eigenvalue weighted by Crippen LogP contribution is -2.35. The minimum absolute atomic E-state index is 0.285. The molecule has 1 saturated heterocycles. The fraction of sp³-hybridized carbons (Fsp3) is 0.591. The monoisotopic (exact) mass is 464 g/mol. The molecule has 2 unspecified atom stereocenters. The Bertz CT molecular complexity index is 1090. The molecule has 172 valence electrons. The lowest BCUT2D eigenvalue weighted by Gasteiger charge is -2.28. The predicted octanol–water partition coefficient (Wildman–Crippen LogP) is 4.56. The van der Waals surface area contributed by atoms with Crippen molar-refractivity contribution in [3.63, 3.8) is 0 Å². The molecule has 2 atom stereocenters. The molecule has 10 heteroatoms. The average molecular weight is 465 g/mol. The third kappa shape index (κ3) is 4.61. The Kier molecular flexibility index (Phi) is 5.83. The largest absolute Gasteiger partial charge is 0.393 e. The van der Waals surface area contributed by atoms with E-state index in [0.717, 1.165) is 74.2 Å². The number of nitrogens with zero attached hydrogens (tertiary/aromatic N) is 5. The van der Waals surface area contributed by atoms with Crippen molar-refractivity contribution in [2.45, 2.75) is 63.2 Å². The summed E-state index contributed by atoms with van der Waals surface area (Å²) in [6.07, 6.45) is 4.85. The van der Waals surface area contributed by atoms with Crippen LogP contribution in [0, 0.1) is 0 Å². The molecule has 1 aliphatic heterocycles. The van der Waals surface area contributed by atoms with Gasteiger partial charge in [-0.2, -0.15) is 18.3 Å². The number of alkyl halides is 3. The van der Waals surface area contributed by atoms with Crippen LogP contribution in [0.3, 0.4) is 0 Å². The van der Waals surface area contributed by atoms with E-state index >= 15 is 0 Å². The zero-order chi connectivity index (χ0) is 22.3. The summed E-state index contributed by atoms with van der Waals surface area (Å²) in [4.78, 5) is 11.8. The average Bonchev–Trinajstić information content (AvgIpc) is 3.22. The van der Waals surface area contributed by atoms with Crippen LogP contribution in [0.1, 0.15) is 54.3 Å². The number of hydrogen-bond donors (Lipinski definition) is 1. The van der Waals surface area contributed by atoms with Crippen LogP contribution in [-0.4, -0.2) is 45.1 Å². The third-order valence-electron chi connectivity index (χ3n) is 6.42. The standard InChI is InChI=1S/C22H27F3N6S/c1-30-12-17-18(5-2-6-19(17)29-30)28-14-4-3-8-31(9-7-14)20-16-10-15(11-22(23,24)25)32-21(16)27-13-26-20/h10,12-14,18,28H,2-9,11H2,1H3. The van der Waals surface area contributed by atoms with Gasteiger partial charge in [-0.3, -0.25) is 4.68 Å². The molecule has 0 amide bonds. The Morgan fingerprint density at radius 3 is 2.88 bits per heavy atom. The van der Waals surface area contributed by atoms with E-state index in [1.165, 1.54) is 17.6 Å². The SMILES string of the molecule is Cn1cc2c(n1)CCCC2NC1CCCN(c2ncnc3sc(CC(F)(F)F)cc23)CC1. The van der Waals surface area contributed by atoms with Crippen molar-refractivity contribution in [3.8, 4) is 0 Å². The number of aromatic nitrogens is 4. The second kappa shape index (κ2) is 8.62. The summed E-state index contributed by atoms with van der Waals surface area (Å²) >= 11 is 1.11. The van der Waals surface area contributed by atoms with Gasteiger partial charge in [0.2, 0.25) is 0 Å². The van der Waals surface area contributed by atoms with Gasteiger partial charge < -0.3 is 10.2 Å². The number of nitrogens with one attached hydrogen (secondary N) is 1. The van der Waals surface area contributed by atoms with Gasteiger partial charge in [0, 0.05) is 48.9 Å². The molecule has 1 fully saturated rings. The van der Waals surface area contributed by atoms with E-state index in [1.54, 1.807) is 6.07 Å². The van der Waals surface area contributed by atoms with E-state index in [1.807, 2.05) is 11.7 Å². The number of rotatable bonds is 4. The molecule has 0 saturated carbocycles. The molecular formula is C22H27F3N6S. The zero-order valence-corrected chi connectivity index (χ0v) is 18.8. The van der Waals surface area contributed by atoms with Crippen molar-refractivity contribution in [1.82, 2.24) is 25.1 Å². The van der Waals surface area contributed by atoms with Crippen LogP contribution >= 0.6 is 11.3 Å². The van der Waals surface area contributed by atoms with Gasteiger partial charge in [0.15, 0.2) is 0 Å². The van der Waals surface area contributed by atoms with Crippen LogP contribution in [0.25, 0.3) is 10.2 Å². The minimum Gasteiger partial charge on any atom is -0.356 e. The maximum Gasteiger partial charge on any atom is 0.393 e. The summed E-state index contributed by atoms with van der Waals surface area (Å²) < 4.78 is 40.5. The summed E-state index contributed by atoms with van der Waals surface area (Å²) in [6.45, 7) is 1.67. The topological polar surface area (TPSA) is 58.9 Å². The fourth-order valence-corrected chi connectivity index (χ4v) is 6.05. The second-order valence-corrected chi connectivity index (χ2v) is 9.97. The summed E-state index contributed by atoms with van der Waals surface area (Å²) in [5.74, 6) is 0.757. The molecule has 3 aromatic rings. The highest BCUT2D eigenvalue weighted by molar-refractivity contribution is 7.18. The summed E-state index contributed by atoms with van der Waals surface area (Å²) in [5, 5.41) is 9.21. The van der Waals surface area contributed by atoms with E-state index in [2.05, 4.69) is 31.5 Å². The number of fused-ring (bicyclic) bond motifs is 2. The predicted molar refractivity (Wildman–Crippen MR) is 119 cm³/mol. The number of thiophene rings is 1. The molecular weight excluding hydrogens is 437 g/mol. The minimum atomic E-state index is -4.22. The molecule has 2 aliphatic rings. The highest BCUT2D eigenvalue weighted by Gasteiger charge is 2.30. The normalized spacial score (nSPS) is 22.2. The van der Waals surface area contributed by atoms with E-state index < -0.39 is 12.6 Å². The van der Waals surface area contributed by atoms with Crippen molar-refractivity contribution >= 4 is 27.4 Å². The van der Waals surface area contributed by atoms with Crippen molar-refractivity contribution in [3.05, 3.63) is 34.7 Å². The molecule has 3 aromatic heterocycles. The molecule has 0 bridgehead atoms. The first-order valence-corrected chi connectivity index (χ1v) is 12.0. The van der Waals surface area contributed by atoms with E-state index in [0.29, 0.717) is 16.9 Å². The third-order valence-corrected chi connectivity index (χ3v) is 7.46. The zero-order valence-electron chi connectivity index (χ0n) is 18.0. The van der Waals surface area contributed by atoms with Crippen molar-refractivity contribution in [2.24, 2.45) is 7.05 Å². The maximum absolute atomic E-state index is 12.9. The number of anilines is 1. The Labute approximate surface area is 188 Å². The first-order chi connectivity index (χ1) is 15.4. The Hall–Kier alpha value is -2.20. The van der Waals surface area contributed by atoms with Crippen molar-refractivity contribution in [2.75, 3.05) is 18.0 Å². The smallest absolute Gasteiger partial charge is 0.356 e. The molecule has 1 aliphatic carbocycles. The number of hydrogen-bond acceptors (Lipinski definition) is 6. The molecule has 6 nitrogen and oxygen atoms in total. The lowest BCUT2D eigenvalue weighted by atomic mass is 9.92. The quantitative estimate of drug-likeness (QED) is 0.614. The highest BCUT2D eigenvalue weighted by Crippen LogP contribution is 2.35. The van der Waals surface area contributed by atoms with Gasteiger partial charge >= 0.3 is 6.18 Å². The van der Waals surface area contributed by atoms with Gasteiger partial charge in [-0.15, -0.1) is 11.3 Å². The summed E-state index contributed by atoms with van der Waals surface area (Å²) in [5.41, 5.74) is 2.54. The van der Waals surface area contributed by atoms with Gasteiger partial charge in [0.25, 0.3) is 0 Å². The van der Waals surface area contributed by atoms with Crippen LogP contribution < -0.4 is 10.2 Å². The molecule has 0 spiro atoms. The van der Waals surface area contributed by atoms with E-state index in [9.17, 15) is 13.2 Å². The first kappa shape index (κ1) is 21.6. The van der Waals surface area contributed by atoms with Gasteiger partial charge in [-0.25, -0.2) is 9.97 Å². The van der Waals surface area contributed by atoms with Gasteiger partial charge in [0.05, 0.1) is 17.5 Å². The second-order valence-electron chi connectivity index (χ2n) is 8.85. The maximum atomic E-state index is 12.9. The Morgan fingerprint density at radius 2 is 2.03 bits per heavy atom.